The number of benzene rings is 2. The van der Waals surface area contributed by atoms with Crippen LogP contribution in [0.25, 0.3) is 10.8 Å². The predicted octanol–water partition coefficient (Wildman–Crippen LogP) is 5.52. The molecule has 2 aromatic carbocycles. The van der Waals surface area contributed by atoms with Gasteiger partial charge in [0.25, 0.3) is 0 Å². The second-order valence-electron chi connectivity index (χ2n) is 7.78. The molecule has 0 radical (unpaired) electrons. The molecule has 0 saturated heterocycles. The summed E-state index contributed by atoms with van der Waals surface area (Å²) in [5.41, 5.74) is 3.60. The first-order valence-corrected chi connectivity index (χ1v) is 10.2. The number of carbonyl (C=O) groups is 1. The minimum absolute atomic E-state index is 0.00570. The summed E-state index contributed by atoms with van der Waals surface area (Å²) in [6, 6.07) is 12.8. The van der Waals surface area contributed by atoms with E-state index in [1.165, 1.54) is 60.5 Å². The smallest absolute Gasteiger partial charge is 0.306 e. The van der Waals surface area contributed by atoms with Gasteiger partial charge in [-0.25, -0.2) is 0 Å². The minimum atomic E-state index is -0.170. The van der Waals surface area contributed by atoms with Gasteiger partial charge in [0.2, 0.25) is 5.69 Å². The molecule has 3 heteroatoms. The quantitative estimate of drug-likeness (QED) is 0.379. The van der Waals surface area contributed by atoms with Crippen molar-refractivity contribution in [1.29, 1.82) is 0 Å². The van der Waals surface area contributed by atoms with Crippen molar-refractivity contribution in [2.45, 2.75) is 38.0 Å². The summed E-state index contributed by atoms with van der Waals surface area (Å²) in [6.45, 7) is 4.69. The molecule has 4 rings (SSSR count). The van der Waals surface area contributed by atoms with Gasteiger partial charge in [-0.1, -0.05) is 49.8 Å². The molecule has 1 aliphatic heterocycles. The Hall–Kier alpha value is -2.68. The van der Waals surface area contributed by atoms with E-state index in [2.05, 4.69) is 59.7 Å². The van der Waals surface area contributed by atoms with Crippen molar-refractivity contribution >= 4 is 28.1 Å². The SMILES string of the molecule is C=CC[N+]1=C(/C=C/C2CCCC2)C(CC(=O)OC)c2c1ccc1ccccc21. The summed E-state index contributed by atoms with van der Waals surface area (Å²) < 4.78 is 7.36. The van der Waals surface area contributed by atoms with Crippen LogP contribution in [0.1, 0.15) is 43.6 Å². The minimum Gasteiger partial charge on any atom is -0.469 e. The molecule has 1 saturated carbocycles. The van der Waals surface area contributed by atoms with E-state index in [9.17, 15) is 4.79 Å². The number of methoxy groups -OCH3 is 1. The highest BCUT2D eigenvalue weighted by molar-refractivity contribution is 6.06. The summed E-state index contributed by atoms with van der Waals surface area (Å²) in [4.78, 5) is 12.3. The Balaban J connectivity index is 1.85. The zero-order chi connectivity index (χ0) is 19.5. The second-order valence-corrected chi connectivity index (χ2v) is 7.78. The van der Waals surface area contributed by atoms with E-state index in [0.717, 1.165) is 6.54 Å². The molecule has 0 bridgehead atoms. The van der Waals surface area contributed by atoms with E-state index in [1.807, 2.05) is 6.08 Å². The fourth-order valence-corrected chi connectivity index (χ4v) is 4.74. The van der Waals surface area contributed by atoms with Gasteiger partial charge in [0.15, 0.2) is 12.3 Å². The summed E-state index contributed by atoms with van der Waals surface area (Å²) in [5.74, 6) is 0.486. The molecular formula is C25H28NO2+. The van der Waals surface area contributed by atoms with Crippen LogP contribution in [0.5, 0.6) is 0 Å². The van der Waals surface area contributed by atoms with E-state index in [-0.39, 0.29) is 11.9 Å². The average molecular weight is 375 g/mol. The first-order chi connectivity index (χ1) is 13.7. The molecule has 1 unspecified atom stereocenters. The largest absolute Gasteiger partial charge is 0.469 e. The van der Waals surface area contributed by atoms with Gasteiger partial charge < -0.3 is 4.74 Å². The van der Waals surface area contributed by atoms with Gasteiger partial charge in [0.05, 0.1) is 19.4 Å². The van der Waals surface area contributed by atoms with E-state index in [1.54, 1.807) is 0 Å². The molecule has 28 heavy (non-hydrogen) atoms. The lowest BCUT2D eigenvalue weighted by molar-refractivity contribution is -0.424. The van der Waals surface area contributed by atoms with Crippen LogP contribution >= 0.6 is 0 Å². The number of carbonyl (C=O) groups excluding carboxylic acids is 1. The van der Waals surface area contributed by atoms with Gasteiger partial charge in [0, 0.05) is 17.7 Å². The van der Waals surface area contributed by atoms with Crippen LogP contribution in [-0.4, -0.2) is 29.9 Å². The second kappa shape index (κ2) is 8.14. The number of esters is 1. The van der Waals surface area contributed by atoms with Gasteiger partial charge in [-0.2, -0.15) is 4.58 Å². The highest BCUT2D eigenvalue weighted by Gasteiger charge is 2.40. The van der Waals surface area contributed by atoms with Crippen molar-refractivity contribution in [2.24, 2.45) is 5.92 Å². The third-order valence-electron chi connectivity index (χ3n) is 6.10. The van der Waals surface area contributed by atoms with Crippen LogP contribution < -0.4 is 0 Å². The van der Waals surface area contributed by atoms with E-state index >= 15 is 0 Å². The molecule has 2 aromatic rings. The van der Waals surface area contributed by atoms with Crippen molar-refractivity contribution in [3.63, 3.8) is 0 Å². The zero-order valence-electron chi connectivity index (χ0n) is 16.6. The van der Waals surface area contributed by atoms with Crippen molar-refractivity contribution < 1.29 is 14.1 Å². The van der Waals surface area contributed by atoms with Gasteiger partial charge in [-0.05, 0) is 41.7 Å². The van der Waals surface area contributed by atoms with Crippen molar-refractivity contribution in [3.05, 3.63) is 66.8 Å². The van der Waals surface area contributed by atoms with E-state index in [0.29, 0.717) is 12.3 Å². The Labute approximate surface area is 167 Å². The van der Waals surface area contributed by atoms with E-state index in [4.69, 9.17) is 4.74 Å². The Bertz CT molecular complexity index is 964. The summed E-state index contributed by atoms with van der Waals surface area (Å²) in [6.07, 6.45) is 12.1. The monoisotopic (exact) mass is 374 g/mol. The first-order valence-electron chi connectivity index (χ1n) is 10.2. The Morgan fingerprint density at radius 3 is 2.75 bits per heavy atom. The maximum atomic E-state index is 12.3. The number of rotatable bonds is 6. The van der Waals surface area contributed by atoms with Crippen LogP contribution in [0.4, 0.5) is 5.69 Å². The molecule has 1 heterocycles. The average Bonchev–Trinajstić information content (AvgIpc) is 3.34. The highest BCUT2D eigenvalue weighted by Crippen LogP contribution is 2.42. The number of hydrogen-bond acceptors (Lipinski definition) is 2. The molecule has 144 valence electrons. The van der Waals surface area contributed by atoms with Gasteiger partial charge in [-0.3, -0.25) is 4.79 Å². The Morgan fingerprint density at radius 2 is 2.00 bits per heavy atom. The zero-order valence-corrected chi connectivity index (χ0v) is 16.6. The normalized spacial score (nSPS) is 19.5. The fraction of sp³-hybridized carbons (Fsp3) is 0.360. The summed E-state index contributed by atoms with van der Waals surface area (Å²) in [7, 11) is 1.47. The van der Waals surface area contributed by atoms with Crippen LogP contribution in [0, 0.1) is 5.92 Å². The lowest BCUT2D eigenvalue weighted by Gasteiger charge is -2.10. The molecule has 1 fully saturated rings. The van der Waals surface area contributed by atoms with Crippen molar-refractivity contribution in [2.75, 3.05) is 13.7 Å². The van der Waals surface area contributed by atoms with Crippen LogP contribution in [0.3, 0.4) is 0 Å². The number of allylic oxidation sites excluding steroid dienone is 2. The number of nitrogens with zero attached hydrogens (tertiary/aromatic N) is 1. The Morgan fingerprint density at radius 1 is 1.21 bits per heavy atom. The number of ether oxygens (including phenoxy) is 1. The highest BCUT2D eigenvalue weighted by atomic mass is 16.5. The molecule has 0 aromatic heterocycles. The van der Waals surface area contributed by atoms with Crippen molar-refractivity contribution in [1.82, 2.24) is 0 Å². The van der Waals surface area contributed by atoms with Gasteiger partial charge in [-0.15, -0.1) is 0 Å². The maximum absolute atomic E-state index is 12.3. The molecule has 2 aliphatic rings. The first kappa shape index (κ1) is 18.7. The van der Waals surface area contributed by atoms with Crippen LogP contribution in [-0.2, 0) is 9.53 Å². The molecule has 0 amide bonds. The summed E-state index contributed by atoms with van der Waals surface area (Å²) >= 11 is 0. The van der Waals surface area contributed by atoms with Crippen molar-refractivity contribution in [3.8, 4) is 0 Å². The third kappa shape index (κ3) is 3.42. The fourth-order valence-electron chi connectivity index (χ4n) is 4.74. The van der Waals surface area contributed by atoms with E-state index < -0.39 is 0 Å². The summed E-state index contributed by atoms with van der Waals surface area (Å²) in [5, 5.41) is 2.42. The lowest BCUT2D eigenvalue weighted by atomic mass is 9.88. The van der Waals surface area contributed by atoms with Crippen LogP contribution in [0.15, 0.2) is 61.2 Å². The molecular weight excluding hydrogens is 346 g/mol. The maximum Gasteiger partial charge on any atom is 0.306 e. The number of hydrogen-bond donors (Lipinski definition) is 0. The lowest BCUT2D eigenvalue weighted by Crippen LogP contribution is -2.18. The number of fused-ring (bicyclic) bond motifs is 3. The molecule has 3 nitrogen and oxygen atoms in total. The van der Waals surface area contributed by atoms with Gasteiger partial charge >= 0.3 is 5.97 Å². The molecule has 1 atom stereocenters. The third-order valence-corrected chi connectivity index (χ3v) is 6.10. The Kier molecular flexibility index (Phi) is 5.43. The molecule has 0 spiro atoms. The topological polar surface area (TPSA) is 29.3 Å². The standard InChI is InChI=1S/C25H28NO2/c1-3-16-26-22(14-12-18-8-4-5-9-18)21(17-24(27)28-2)25-20-11-7-6-10-19(20)13-15-23(25)26/h3,6-7,10-15,18,21H,1,4-5,8-9,16-17H2,2H3/q+1/b14-12+. The molecule has 1 aliphatic carbocycles. The molecule has 0 N–H and O–H groups in total. The van der Waals surface area contributed by atoms with Gasteiger partial charge in [0.1, 0.15) is 0 Å². The predicted molar refractivity (Wildman–Crippen MR) is 114 cm³/mol. The van der Waals surface area contributed by atoms with Crippen LogP contribution in [0.2, 0.25) is 0 Å².